The van der Waals surface area contributed by atoms with Crippen LogP contribution in [-0.2, 0) is 21.4 Å². The molecule has 110 valence electrons. The zero-order valence-corrected chi connectivity index (χ0v) is 14.5. The molecule has 0 spiro atoms. The quantitative estimate of drug-likeness (QED) is 0.721. The Morgan fingerprint density at radius 1 is 1.35 bits per heavy atom. The van der Waals surface area contributed by atoms with E-state index in [2.05, 4.69) is 24.7 Å². The van der Waals surface area contributed by atoms with E-state index in [4.69, 9.17) is 0 Å². The average molecular weight is 378 g/mol. The monoisotopic (exact) mass is 377 g/mol. The molecule has 1 heterocycles. The highest BCUT2D eigenvalue weighted by Crippen LogP contribution is 2.38. The van der Waals surface area contributed by atoms with Crippen molar-refractivity contribution in [1.82, 2.24) is 4.31 Å². The number of rotatable bonds is 6. The van der Waals surface area contributed by atoms with Crippen LogP contribution >= 0.6 is 15.9 Å². The number of halogens is 1. The molecule has 8 heteroatoms. The Morgan fingerprint density at radius 3 is 2.75 bits per heavy atom. The molecule has 0 unspecified atom stereocenters. The molecule has 2 rings (SSSR count). The Morgan fingerprint density at radius 2 is 2.10 bits per heavy atom. The van der Waals surface area contributed by atoms with Gasteiger partial charge in [-0.25, -0.2) is 8.42 Å². The first-order chi connectivity index (χ1) is 9.48. The van der Waals surface area contributed by atoms with Gasteiger partial charge in [-0.1, -0.05) is 22.0 Å². The highest BCUT2D eigenvalue weighted by Gasteiger charge is 2.30. The molecule has 20 heavy (non-hydrogen) atoms. The van der Waals surface area contributed by atoms with Gasteiger partial charge in [-0.05, 0) is 32.4 Å². The van der Waals surface area contributed by atoms with E-state index in [1.165, 1.54) is 4.31 Å². The van der Waals surface area contributed by atoms with E-state index < -0.39 is 10.0 Å². The molecule has 0 aliphatic carbocycles. The van der Waals surface area contributed by atoms with Gasteiger partial charge in [0.1, 0.15) is 16.3 Å². The third-order valence-electron chi connectivity index (χ3n) is 2.92. The largest absolute Gasteiger partial charge is 0.245 e. The molecular weight excluding hydrogens is 362 g/mol. The van der Waals surface area contributed by atoms with Gasteiger partial charge in [-0.3, -0.25) is 0 Å². The number of sulfonamides is 1. The molecule has 0 bridgehead atoms. The van der Waals surface area contributed by atoms with Gasteiger partial charge < -0.3 is 0 Å². The van der Waals surface area contributed by atoms with E-state index in [0.29, 0.717) is 17.9 Å². The third kappa shape index (κ3) is 3.03. The van der Waals surface area contributed by atoms with Crippen molar-refractivity contribution in [2.45, 2.75) is 31.2 Å². The van der Waals surface area contributed by atoms with Crippen LogP contribution in [0.25, 0.3) is 0 Å². The second-order valence-corrected chi connectivity index (χ2v) is 7.82. The zero-order valence-electron chi connectivity index (χ0n) is 11.3. The lowest BCUT2D eigenvalue weighted by Gasteiger charge is -2.26. The van der Waals surface area contributed by atoms with Crippen LogP contribution in [0.15, 0.2) is 31.8 Å². The summed E-state index contributed by atoms with van der Waals surface area (Å²) in [4.78, 5) is 0.243. The molecule has 0 amide bonds. The maximum absolute atomic E-state index is 12.8. The Labute approximate surface area is 131 Å². The highest BCUT2D eigenvalue weighted by molar-refractivity contribution is 9.09. The van der Waals surface area contributed by atoms with Crippen molar-refractivity contribution in [3.63, 3.8) is 0 Å². The molecule has 1 aromatic rings. The highest BCUT2D eigenvalue weighted by atomic mass is 79.9. The van der Waals surface area contributed by atoms with Crippen LogP contribution in [0, 0.1) is 0 Å². The van der Waals surface area contributed by atoms with Crippen LogP contribution in [0.3, 0.4) is 0 Å². The van der Waals surface area contributed by atoms with Crippen LogP contribution in [0.1, 0.15) is 20.3 Å². The summed E-state index contributed by atoms with van der Waals surface area (Å²) in [6.45, 7) is 4.25. The van der Waals surface area contributed by atoms with Gasteiger partial charge in [0.25, 0.3) is 0 Å². The molecule has 0 fully saturated rings. The van der Waals surface area contributed by atoms with Crippen LogP contribution < -0.4 is 0 Å². The minimum atomic E-state index is -3.55. The summed E-state index contributed by atoms with van der Waals surface area (Å²) in [6, 6.07) is 4.99. The fraction of sp³-hybridized carbons (Fsp3) is 0.500. The average Bonchev–Trinajstić information content (AvgIpc) is 2.86. The van der Waals surface area contributed by atoms with Gasteiger partial charge in [0.15, 0.2) is 0 Å². The van der Waals surface area contributed by atoms with Gasteiger partial charge in [-0.15, -0.1) is 0 Å². The maximum atomic E-state index is 12.8. The molecule has 0 N–H and O–H groups in total. The Hall–Kier alpha value is -0.570. The van der Waals surface area contributed by atoms with Crippen molar-refractivity contribution in [2.75, 3.05) is 11.9 Å². The smallest absolute Gasteiger partial charge is 0.207 e. The minimum Gasteiger partial charge on any atom is -0.207 e. The summed E-state index contributed by atoms with van der Waals surface area (Å²) in [5.41, 5.74) is 1.09. The number of alkyl halides is 1. The van der Waals surface area contributed by atoms with Crippen LogP contribution in [-0.4, -0.2) is 30.6 Å². The van der Waals surface area contributed by atoms with Crippen molar-refractivity contribution >= 4 is 48.7 Å². The van der Waals surface area contributed by atoms with E-state index in [9.17, 15) is 8.42 Å². The number of fused-ring (bicyclic) bond motifs is 1. The topological polar surface area (TPSA) is 62.1 Å². The van der Waals surface area contributed by atoms with E-state index in [0.717, 1.165) is 23.1 Å². The van der Waals surface area contributed by atoms with Crippen molar-refractivity contribution < 1.29 is 8.42 Å². The number of nitrogens with zero attached hydrogens (tertiary/aromatic N) is 3. The van der Waals surface area contributed by atoms with Gasteiger partial charge in [-0.2, -0.15) is 13.0 Å². The molecular formula is C12H16BrN3O2S2. The van der Waals surface area contributed by atoms with E-state index >= 15 is 0 Å². The molecule has 5 nitrogen and oxygen atoms in total. The second-order valence-electron chi connectivity index (χ2n) is 4.64. The van der Waals surface area contributed by atoms with Gasteiger partial charge in [0, 0.05) is 17.9 Å². The SMILES string of the molecule is CC(C)N(CCCBr)S(=O)(=O)c1cccc2c1N=S=N2. The lowest BCUT2D eigenvalue weighted by molar-refractivity contribution is 0.355. The van der Waals surface area contributed by atoms with Crippen LogP contribution in [0.5, 0.6) is 0 Å². The van der Waals surface area contributed by atoms with Gasteiger partial charge in [0.2, 0.25) is 10.0 Å². The van der Waals surface area contributed by atoms with Gasteiger partial charge >= 0.3 is 0 Å². The molecule has 0 saturated carbocycles. The summed E-state index contributed by atoms with van der Waals surface area (Å²) in [7, 11) is -3.55. The summed E-state index contributed by atoms with van der Waals surface area (Å²) >= 11 is 4.37. The molecule has 1 aliphatic heterocycles. The van der Waals surface area contributed by atoms with Crippen molar-refractivity contribution in [1.29, 1.82) is 0 Å². The van der Waals surface area contributed by atoms with Gasteiger partial charge in [0.05, 0.1) is 11.4 Å². The van der Waals surface area contributed by atoms with Crippen molar-refractivity contribution in [2.24, 2.45) is 8.73 Å². The summed E-state index contributed by atoms with van der Waals surface area (Å²) in [5.74, 6) is 0. The fourth-order valence-corrected chi connectivity index (χ4v) is 4.67. The first-order valence-corrected chi connectivity index (χ1v) is 9.56. The number of benzene rings is 1. The third-order valence-corrected chi connectivity index (χ3v) is 6.13. The standard InChI is InChI=1S/C12H16BrN3O2S2/c1-9(2)16(8-4-7-13)20(17,18)11-6-3-5-10-12(11)15-19-14-10/h3,5-6,9H,4,7-8H2,1-2H3. The van der Waals surface area contributed by atoms with E-state index in [1.807, 2.05) is 13.8 Å². The lowest BCUT2D eigenvalue weighted by atomic mass is 10.3. The summed E-state index contributed by atoms with van der Waals surface area (Å²) in [6.07, 6.45) is 0.767. The number of hydrogen-bond acceptors (Lipinski definition) is 4. The molecule has 0 radical (unpaired) electrons. The fourth-order valence-electron chi connectivity index (χ4n) is 1.99. The Bertz CT molecular complexity index is 667. The lowest BCUT2D eigenvalue weighted by Crippen LogP contribution is -2.37. The minimum absolute atomic E-state index is 0.0964. The Balaban J connectivity index is 2.44. The molecule has 1 aliphatic rings. The van der Waals surface area contributed by atoms with E-state index in [-0.39, 0.29) is 10.9 Å². The normalized spacial score (nSPS) is 13.8. The molecule has 0 aromatic heterocycles. The first kappa shape index (κ1) is 15.8. The summed E-state index contributed by atoms with van der Waals surface area (Å²) < 4.78 is 35.4. The first-order valence-electron chi connectivity index (χ1n) is 6.27. The molecule has 0 atom stereocenters. The van der Waals surface area contributed by atoms with E-state index in [1.54, 1.807) is 18.2 Å². The van der Waals surface area contributed by atoms with Crippen molar-refractivity contribution in [3.05, 3.63) is 18.2 Å². The second kappa shape index (κ2) is 6.46. The molecule has 1 aromatic carbocycles. The van der Waals surface area contributed by atoms with Crippen molar-refractivity contribution in [3.8, 4) is 0 Å². The maximum Gasteiger partial charge on any atom is 0.245 e. The number of hydrogen-bond donors (Lipinski definition) is 0. The predicted octanol–water partition coefficient (Wildman–Crippen LogP) is 3.60. The molecule has 0 saturated heterocycles. The summed E-state index contributed by atoms with van der Waals surface area (Å²) in [5, 5.41) is 0.772. The predicted molar refractivity (Wildman–Crippen MR) is 85.4 cm³/mol. The zero-order chi connectivity index (χ0) is 14.8. The van der Waals surface area contributed by atoms with Crippen LogP contribution in [0.4, 0.5) is 11.4 Å². The Kier molecular flexibility index (Phi) is 5.11. The van der Waals surface area contributed by atoms with Crippen LogP contribution in [0.2, 0.25) is 0 Å².